The molecule has 0 spiro atoms. The quantitative estimate of drug-likeness (QED) is 0.498. The molecule has 0 saturated heterocycles. The molecule has 0 atom stereocenters. The average Bonchev–Trinajstić information content (AvgIpc) is 2.53. The Labute approximate surface area is 142 Å². The lowest BCUT2D eigenvalue weighted by atomic mass is 9.83. The highest BCUT2D eigenvalue weighted by molar-refractivity contribution is 5.84. The Morgan fingerprint density at radius 2 is 1.78 bits per heavy atom. The minimum atomic E-state index is -0.452. The van der Waals surface area contributed by atoms with Gasteiger partial charge in [0.1, 0.15) is 0 Å². The van der Waals surface area contributed by atoms with Crippen molar-refractivity contribution in [2.45, 2.75) is 72.3 Å². The number of amides is 1. The van der Waals surface area contributed by atoms with E-state index in [1.165, 1.54) is 38.5 Å². The monoisotopic (exact) mass is 324 g/mol. The van der Waals surface area contributed by atoms with Gasteiger partial charge in [-0.3, -0.25) is 9.79 Å². The third-order valence-corrected chi connectivity index (χ3v) is 4.76. The molecular weight excluding hydrogens is 288 g/mol. The van der Waals surface area contributed by atoms with Gasteiger partial charge in [0.05, 0.1) is 5.41 Å². The van der Waals surface area contributed by atoms with Crippen molar-refractivity contribution in [3.8, 4) is 0 Å². The fourth-order valence-corrected chi connectivity index (χ4v) is 3.18. The van der Waals surface area contributed by atoms with E-state index in [4.69, 9.17) is 0 Å². The zero-order valence-electron chi connectivity index (χ0n) is 15.7. The Balaban J connectivity index is 2.39. The van der Waals surface area contributed by atoms with Crippen LogP contribution in [0.25, 0.3) is 0 Å². The molecule has 1 rings (SSSR count). The second kappa shape index (κ2) is 9.78. The summed E-state index contributed by atoms with van der Waals surface area (Å²) < 4.78 is 0. The smallest absolute Gasteiger partial charge is 0.227 e. The molecule has 1 aliphatic rings. The lowest BCUT2D eigenvalue weighted by molar-refractivity contribution is -0.128. The molecule has 0 bridgehead atoms. The van der Waals surface area contributed by atoms with Gasteiger partial charge in [-0.2, -0.15) is 0 Å². The predicted molar refractivity (Wildman–Crippen MR) is 97.6 cm³/mol. The highest BCUT2D eigenvalue weighted by Crippen LogP contribution is 2.27. The number of nitrogens with zero attached hydrogens (tertiary/aromatic N) is 1. The van der Waals surface area contributed by atoms with Crippen molar-refractivity contribution >= 4 is 11.9 Å². The molecule has 1 aliphatic carbocycles. The van der Waals surface area contributed by atoms with Crippen LogP contribution in [0.4, 0.5) is 0 Å². The highest BCUT2D eigenvalue weighted by atomic mass is 16.2. The first kappa shape index (κ1) is 19.8. The van der Waals surface area contributed by atoms with Crippen molar-refractivity contribution in [1.82, 2.24) is 16.0 Å². The maximum absolute atomic E-state index is 12.0. The molecule has 0 radical (unpaired) electrons. The van der Waals surface area contributed by atoms with Crippen molar-refractivity contribution in [2.24, 2.45) is 16.3 Å². The van der Waals surface area contributed by atoms with Gasteiger partial charge >= 0.3 is 0 Å². The number of rotatable bonds is 7. The molecule has 0 aromatic rings. The molecule has 1 fully saturated rings. The molecular formula is C18H36N4O. The first-order valence-electron chi connectivity index (χ1n) is 9.18. The molecule has 5 heteroatoms. The number of carbonyl (C=O) groups excluding carboxylic acids is 1. The van der Waals surface area contributed by atoms with E-state index in [-0.39, 0.29) is 5.91 Å². The Morgan fingerprint density at radius 1 is 1.13 bits per heavy atom. The fraction of sp³-hybridized carbons (Fsp3) is 0.889. The van der Waals surface area contributed by atoms with Crippen molar-refractivity contribution in [1.29, 1.82) is 0 Å². The van der Waals surface area contributed by atoms with Crippen LogP contribution in [0.2, 0.25) is 0 Å². The van der Waals surface area contributed by atoms with Gasteiger partial charge in [-0.1, -0.05) is 19.8 Å². The number of aliphatic imine (C=N–C) groups is 1. The van der Waals surface area contributed by atoms with Crippen LogP contribution in [0.15, 0.2) is 4.99 Å². The van der Waals surface area contributed by atoms with Crippen LogP contribution >= 0.6 is 0 Å². The summed E-state index contributed by atoms with van der Waals surface area (Å²) in [6, 6.07) is 0.502. The van der Waals surface area contributed by atoms with Crippen molar-refractivity contribution in [3.63, 3.8) is 0 Å². The molecule has 1 saturated carbocycles. The van der Waals surface area contributed by atoms with Gasteiger partial charge in [0.25, 0.3) is 0 Å². The van der Waals surface area contributed by atoms with Gasteiger partial charge in [0.2, 0.25) is 5.91 Å². The Bertz CT molecular complexity index is 384. The second-order valence-corrected chi connectivity index (χ2v) is 7.32. The van der Waals surface area contributed by atoms with Crippen molar-refractivity contribution in [2.75, 3.05) is 20.1 Å². The van der Waals surface area contributed by atoms with E-state index in [0.29, 0.717) is 19.1 Å². The van der Waals surface area contributed by atoms with Gasteiger partial charge in [-0.05, 0) is 52.4 Å². The first-order chi connectivity index (χ1) is 10.9. The first-order valence-corrected chi connectivity index (χ1v) is 9.18. The Morgan fingerprint density at radius 3 is 2.30 bits per heavy atom. The normalized spacial score (nSPS) is 22.6. The minimum Gasteiger partial charge on any atom is -0.356 e. The molecule has 0 aliphatic heterocycles. The number of hydrogen-bond acceptors (Lipinski definition) is 2. The predicted octanol–water partition coefficient (Wildman–Crippen LogP) is 2.67. The van der Waals surface area contributed by atoms with Crippen LogP contribution in [0, 0.1) is 11.3 Å². The van der Waals surface area contributed by atoms with Crippen LogP contribution in [-0.2, 0) is 4.79 Å². The van der Waals surface area contributed by atoms with Crippen LogP contribution in [-0.4, -0.2) is 38.0 Å². The molecule has 1 amide bonds. The van der Waals surface area contributed by atoms with Gasteiger partial charge < -0.3 is 16.0 Å². The molecule has 3 N–H and O–H groups in total. The summed E-state index contributed by atoms with van der Waals surface area (Å²) in [5.74, 6) is 1.79. The maximum Gasteiger partial charge on any atom is 0.227 e. The summed E-state index contributed by atoms with van der Waals surface area (Å²) in [5, 5.41) is 9.72. The highest BCUT2D eigenvalue weighted by Gasteiger charge is 2.28. The Hall–Kier alpha value is -1.26. The van der Waals surface area contributed by atoms with Crippen LogP contribution in [0.3, 0.4) is 0 Å². The van der Waals surface area contributed by atoms with E-state index in [9.17, 15) is 4.79 Å². The topological polar surface area (TPSA) is 65.5 Å². The maximum atomic E-state index is 12.0. The lowest BCUT2D eigenvalue weighted by Gasteiger charge is -2.31. The summed E-state index contributed by atoms with van der Waals surface area (Å²) in [4.78, 5) is 16.4. The third kappa shape index (κ3) is 6.80. The largest absolute Gasteiger partial charge is 0.356 e. The third-order valence-electron chi connectivity index (χ3n) is 4.76. The average molecular weight is 325 g/mol. The zero-order chi connectivity index (χ0) is 17.3. The summed E-state index contributed by atoms with van der Waals surface area (Å²) in [6.45, 7) is 9.35. The van der Waals surface area contributed by atoms with Gasteiger partial charge in [-0.15, -0.1) is 0 Å². The summed E-state index contributed by atoms with van der Waals surface area (Å²) in [5.41, 5.74) is -0.452. The van der Waals surface area contributed by atoms with Gasteiger partial charge in [0, 0.05) is 26.2 Å². The van der Waals surface area contributed by atoms with E-state index in [1.54, 1.807) is 7.05 Å². The van der Waals surface area contributed by atoms with E-state index in [0.717, 1.165) is 11.9 Å². The van der Waals surface area contributed by atoms with Gasteiger partial charge in [-0.25, -0.2) is 0 Å². The zero-order valence-corrected chi connectivity index (χ0v) is 15.7. The molecule has 0 aromatic carbocycles. The van der Waals surface area contributed by atoms with Crippen LogP contribution < -0.4 is 16.0 Å². The number of hydrogen-bond donors (Lipinski definition) is 3. The molecule has 5 nitrogen and oxygen atoms in total. The lowest BCUT2D eigenvalue weighted by Crippen LogP contribution is -2.50. The fourth-order valence-electron chi connectivity index (χ4n) is 3.18. The Kier molecular flexibility index (Phi) is 8.42. The molecule has 0 heterocycles. The van der Waals surface area contributed by atoms with Crippen LogP contribution in [0.1, 0.15) is 66.2 Å². The standard InChI is InChI=1S/C18H36N4O/c1-6-8-14-9-11-15(12-10-14)22-17(19-5)21-13-18(3,4)16(23)20-7-2/h14-15H,6-13H2,1-5H3,(H,20,23)(H2,19,21,22). The van der Waals surface area contributed by atoms with E-state index < -0.39 is 5.41 Å². The van der Waals surface area contributed by atoms with Crippen molar-refractivity contribution in [3.05, 3.63) is 0 Å². The minimum absolute atomic E-state index is 0.0722. The second-order valence-electron chi connectivity index (χ2n) is 7.32. The number of carbonyl (C=O) groups is 1. The van der Waals surface area contributed by atoms with E-state index >= 15 is 0 Å². The van der Waals surface area contributed by atoms with E-state index in [1.807, 2.05) is 20.8 Å². The molecule has 0 aromatic heterocycles. The van der Waals surface area contributed by atoms with Crippen LogP contribution in [0.5, 0.6) is 0 Å². The summed E-state index contributed by atoms with van der Waals surface area (Å²) in [6.07, 6.45) is 7.71. The number of guanidine groups is 1. The summed E-state index contributed by atoms with van der Waals surface area (Å²) >= 11 is 0. The molecule has 23 heavy (non-hydrogen) atoms. The molecule has 134 valence electrons. The molecule has 0 unspecified atom stereocenters. The van der Waals surface area contributed by atoms with E-state index in [2.05, 4.69) is 27.9 Å². The van der Waals surface area contributed by atoms with Gasteiger partial charge in [0.15, 0.2) is 5.96 Å². The summed E-state index contributed by atoms with van der Waals surface area (Å²) in [7, 11) is 1.79. The SMILES string of the molecule is CCCC1CCC(NC(=NC)NCC(C)(C)C(=O)NCC)CC1. The van der Waals surface area contributed by atoms with Crippen molar-refractivity contribution < 1.29 is 4.79 Å². The number of nitrogens with one attached hydrogen (secondary N) is 3.